The zero-order chi connectivity index (χ0) is 14.7. The minimum absolute atomic E-state index is 0. The standard InChI is InChI=1S/C16H21FN4.ClH/c17-16-3-1-13(2-4-16)11-21-12-15(8-19-21)10-20-6-5-14(7-18)9-20;/h1-4,8,12,14H,5-7,9-11,18H2;1H. The van der Waals surface area contributed by atoms with Crippen LogP contribution in [0.15, 0.2) is 36.7 Å². The lowest BCUT2D eigenvalue weighted by molar-refractivity contribution is 0.318. The molecular weight excluding hydrogens is 303 g/mol. The van der Waals surface area contributed by atoms with Crippen LogP contribution in [0, 0.1) is 11.7 Å². The summed E-state index contributed by atoms with van der Waals surface area (Å²) in [7, 11) is 0. The molecule has 1 aromatic carbocycles. The highest BCUT2D eigenvalue weighted by Gasteiger charge is 2.21. The fraction of sp³-hybridized carbons (Fsp3) is 0.438. The van der Waals surface area contributed by atoms with E-state index in [1.807, 2.05) is 10.9 Å². The van der Waals surface area contributed by atoms with Gasteiger partial charge in [0.25, 0.3) is 0 Å². The van der Waals surface area contributed by atoms with Gasteiger partial charge in [-0.2, -0.15) is 5.10 Å². The summed E-state index contributed by atoms with van der Waals surface area (Å²) in [6, 6.07) is 6.56. The van der Waals surface area contributed by atoms with Gasteiger partial charge in [-0.15, -0.1) is 12.4 Å². The van der Waals surface area contributed by atoms with Crippen molar-refractivity contribution in [3.63, 3.8) is 0 Å². The zero-order valence-electron chi connectivity index (χ0n) is 12.5. The van der Waals surface area contributed by atoms with Gasteiger partial charge in [0.1, 0.15) is 5.82 Å². The van der Waals surface area contributed by atoms with Crippen molar-refractivity contribution < 1.29 is 4.39 Å². The van der Waals surface area contributed by atoms with E-state index >= 15 is 0 Å². The second kappa shape index (κ2) is 7.72. The van der Waals surface area contributed by atoms with E-state index in [1.165, 1.54) is 24.1 Å². The Morgan fingerprint density at radius 1 is 1.18 bits per heavy atom. The summed E-state index contributed by atoms with van der Waals surface area (Å²) < 4.78 is 14.8. The van der Waals surface area contributed by atoms with Crippen LogP contribution in [0.2, 0.25) is 0 Å². The van der Waals surface area contributed by atoms with Crippen LogP contribution in [0.3, 0.4) is 0 Å². The second-order valence-electron chi connectivity index (χ2n) is 5.80. The van der Waals surface area contributed by atoms with Crippen molar-refractivity contribution in [1.82, 2.24) is 14.7 Å². The summed E-state index contributed by atoms with van der Waals surface area (Å²) >= 11 is 0. The molecule has 2 aromatic rings. The van der Waals surface area contributed by atoms with Gasteiger partial charge in [-0.25, -0.2) is 4.39 Å². The third-order valence-electron chi connectivity index (χ3n) is 4.05. The Labute approximate surface area is 136 Å². The topological polar surface area (TPSA) is 47.1 Å². The molecule has 2 heterocycles. The Balaban J connectivity index is 0.00000176. The van der Waals surface area contributed by atoms with Crippen molar-refractivity contribution in [2.45, 2.75) is 19.5 Å². The fourth-order valence-corrected chi connectivity index (χ4v) is 2.86. The summed E-state index contributed by atoms with van der Waals surface area (Å²) in [5.41, 5.74) is 7.99. The zero-order valence-corrected chi connectivity index (χ0v) is 13.3. The Morgan fingerprint density at radius 3 is 2.64 bits per heavy atom. The molecule has 2 N–H and O–H groups in total. The van der Waals surface area contributed by atoms with E-state index in [-0.39, 0.29) is 18.2 Å². The fourth-order valence-electron chi connectivity index (χ4n) is 2.86. The van der Waals surface area contributed by atoms with Crippen molar-refractivity contribution in [1.29, 1.82) is 0 Å². The molecule has 1 fully saturated rings. The van der Waals surface area contributed by atoms with Crippen LogP contribution in [-0.4, -0.2) is 34.3 Å². The van der Waals surface area contributed by atoms with Gasteiger partial charge in [0, 0.05) is 24.8 Å². The quantitative estimate of drug-likeness (QED) is 0.918. The predicted molar refractivity (Wildman–Crippen MR) is 87.4 cm³/mol. The molecule has 1 unspecified atom stereocenters. The maximum Gasteiger partial charge on any atom is 0.123 e. The number of hydrogen-bond donors (Lipinski definition) is 1. The summed E-state index contributed by atoms with van der Waals surface area (Å²) in [5, 5.41) is 4.39. The molecule has 1 atom stereocenters. The van der Waals surface area contributed by atoms with Crippen molar-refractivity contribution in [2.75, 3.05) is 19.6 Å². The number of aromatic nitrogens is 2. The molecule has 0 aliphatic carbocycles. The molecule has 6 heteroatoms. The van der Waals surface area contributed by atoms with Crippen molar-refractivity contribution in [3.8, 4) is 0 Å². The highest BCUT2D eigenvalue weighted by Crippen LogP contribution is 2.17. The molecule has 4 nitrogen and oxygen atoms in total. The van der Waals surface area contributed by atoms with Gasteiger partial charge in [0.05, 0.1) is 12.7 Å². The maximum absolute atomic E-state index is 12.9. The number of halogens is 2. The first-order chi connectivity index (χ1) is 10.2. The predicted octanol–water partition coefficient (Wildman–Crippen LogP) is 2.27. The minimum Gasteiger partial charge on any atom is -0.330 e. The molecule has 120 valence electrons. The van der Waals surface area contributed by atoms with E-state index in [2.05, 4.69) is 16.2 Å². The largest absolute Gasteiger partial charge is 0.330 e. The molecule has 3 rings (SSSR count). The van der Waals surface area contributed by atoms with Crippen LogP contribution >= 0.6 is 12.4 Å². The normalized spacial score (nSPS) is 18.4. The Morgan fingerprint density at radius 2 is 1.95 bits per heavy atom. The second-order valence-corrected chi connectivity index (χ2v) is 5.80. The molecule has 0 amide bonds. The molecule has 1 aliphatic rings. The van der Waals surface area contributed by atoms with Crippen molar-refractivity contribution >= 4 is 12.4 Å². The Hall–Kier alpha value is -1.43. The maximum atomic E-state index is 12.9. The molecule has 0 radical (unpaired) electrons. The van der Waals surface area contributed by atoms with Crippen molar-refractivity contribution in [2.24, 2.45) is 11.7 Å². The third kappa shape index (κ3) is 4.29. The van der Waals surface area contributed by atoms with Crippen LogP contribution in [0.1, 0.15) is 17.5 Å². The molecule has 0 bridgehead atoms. The smallest absolute Gasteiger partial charge is 0.123 e. The van der Waals surface area contributed by atoms with Gasteiger partial charge in [-0.3, -0.25) is 9.58 Å². The van der Waals surface area contributed by atoms with E-state index in [9.17, 15) is 4.39 Å². The highest BCUT2D eigenvalue weighted by molar-refractivity contribution is 5.85. The van der Waals surface area contributed by atoms with Crippen LogP contribution < -0.4 is 5.73 Å². The number of nitrogens with zero attached hydrogens (tertiary/aromatic N) is 3. The van der Waals surface area contributed by atoms with Gasteiger partial charge in [0.2, 0.25) is 0 Å². The molecule has 1 aliphatic heterocycles. The molecule has 0 saturated carbocycles. The lowest BCUT2D eigenvalue weighted by Crippen LogP contribution is -2.22. The summed E-state index contributed by atoms with van der Waals surface area (Å²) in [4.78, 5) is 2.43. The Kier molecular flexibility index (Phi) is 5.94. The highest BCUT2D eigenvalue weighted by atomic mass is 35.5. The first-order valence-corrected chi connectivity index (χ1v) is 7.41. The van der Waals surface area contributed by atoms with E-state index in [0.29, 0.717) is 12.5 Å². The van der Waals surface area contributed by atoms with Crippen LogP contribution in [0.5, 0.6) is 0 Å². The monoisotopic (exact) mass is 324 g/mol. The van der Waals surface area contributed by atoms with Gasteiger partial charge in [-0.1, -0.05) is 12.1 Å². The van der Waals surface area contributed by atoms with Gasteiger partial charge < -0.3 is 5.73 Å². The average Bonchev–Trinajstić information content (AvgIpc) is 3.11. The lowest BCUT2D eigenvalue weighted by atomic mass is 10.1. The van der Waals surface area contributed by atoms with E-state index in [4.69, 9.17) is 5.73 Å². The van der Waals surface area contributed by atoms with Crippen LogP contribution in [-0.2, 0) is 13.1 Å². The van der Waals surface area contributed by atoms with Crippen LogP contribution in [0.25, 0.3) is 0 Å². The van der Waals surface area contributed by atoms with Crippen LogP contribution in [0.4, 0.5) is 4.39 Å². The molecule has 1 saturated heterocycles. The third-order valence-corrected chi connectivity index (χ3v) is 4.05. The van der Waals surface area contributed by atoms with Gasteiger partial charge in [-0.05, 0) is 43.1 Å². The summed E-state index contributed by atoms with van der Waals surface area (Å²) in [5.74, 6) is 0.433. The number of nitrogens with two attached hydrogens (primary N) is 1. The lowest BCUT2D eigenvalue weighted by Gasteiger charge is -2.13. The van der Waals surface area contributed by atoms with Gasteiger partial charge in [0.15, 0.2) is 0 Å². The van der Waals surface area contributed by atoms with Gasteiger partial charge >= 0.3 is 0 Å². The SMILES string of the molecule is Cl.NCC1CCN(Cc2cnn(Cc3ccc(F)cc3)c2)C1. The van der Waals surface area contributed by atoms with E-state index in [1.54, 1.807) is 12.1 Å². The van der Waals surface area contributed by atoms with E-state index < -0.39 is 0 Å². The first kappa shape index (κ1) is 16.9. The summed E-state index contributed by atoms with van der Waals surface area (Å²) in [6.07, 6.45) is 5.18. The van der Waals surface area contributed by atoms with E-state index in [0.717, 1.165) is 31.7 Å². The first-order valence-electron chi connectivity index (χ1n) is 7.41. The number of benzene rings is 1. The Bertz CT molecular complexity index is 584. The molecule has 1 aromatic heterocycles. The number of likely N-dealkylation sites (tertiary alicyclic amines) is 1. The van der Waals surface area contributed by atoms with Crippen molar-refractivity contribution in [3.05, 3.63) is 53.6 Å². The number of hydrogen-bond acceptors (Lipinski definition) is 3. The molecule has 0 spiro atoms. The average molecular weight is 325 g/mol. The molecule has 22 heavy (non-hydrogen) atoms. The summed E-state index contributed by atoms with van der Waals surface area (Å²) in [6.45, 7) is 4.58. The minimum atomic E-state index is -0.205. The number of rotatable bonds is 5. The molecular formula is C16H22ClFN4.